The van der Waals surface area contributed by atoms with Crippen molar-refractivity contribution in [1.29, 1.82) is 0 Å². The van der Waals surface area contributed by atoms with E-state index in [0.717, 1.165) is 0 Å². The summed E-state index contributed by atoms with van der Waals surface area (Å²) < 4.78 is 29.2. The normalized spacial score (nSPS) is 11.8. The second-order valence-electron chi connectivity index (χ2n) is 10.5. The number of benzene rings is 4. The summed E-state index contributed by atoms with van der Waals surface area (Å²) in [5.41, 5.74) is 1.06. The minimum atomic E-state index is -0.892. The van der Waals surface area contributed by atoms with Crippen LogP contribution >= 0.6 is 23.2 Å². The molecule has 0 N–H and O–H groups in total. The van der Waals surface area contributed by atoms with Crippen molar-refractivity contribution in [3.63, 3.8) is 0 Å². The predicted molar refractivity (Wildman–Crippen MR) is 181 cm³/mol. The minimum absolute atomic E-state index is 0.00897. The zero-order valence-corrected chi connectivity index (χ0v) is 26.7. The largest absolute Gasteiger partial charge is 0.493 e. The fraction of sp³-hybridized carbons (Fsp3) is 0.0588. The van der Waals surface area contributed by atoms with E-state index in [2.05, 4.69) is 4.98 Å². The standard InChI is InChI=1S/C34H19Cl2N3O10/c1-45-27-9-5-18(30-21-11-16(38(41)42)3-7-25(21)47-32(27)30)29(13-20-23(35)14-37-15-24(20)36)49-34(40)19-6-10-28(46-2)33-31(19)22-12-17(39(43)44)4-8-26(22)48-33/h3-15H,1-2H3/b29-13+. The Labute approximate surface area is 284 Å². The van der Waals surface area contributed by atoms with E-state index in [1.807, 2.05) is 0 Å². The lowest BCUT2D eigenvalue weighted by atomic mass is 10.0. The minimum Gasteiger partial charge on any atom is -0.493 e. The molecule has 0 bridgehead atoms. The summed E-state index contributed by atoms with van der Waals surface area (Å²) in [6, 6.07) is 14.2. The Bertz CT molecular complexity index is 2550. The predicted octanol–water partition coefficient (Wildman–Crippen LogP) is 9.38. The van der Waals surface area contributed by atoms with E-state index in [0.29, 0.717) is 22.1 Å². The third kappa shape index (κ3) is 5.30. The quantitative estimate of drug-likeness (QED) is 0.0640. The number of pyridine rings is 1. The highest BCUT2D eigenvalue weighted by Gasteiger charge is 2.26. The number of hydrogen-bond acceptors (Lipinski definition) is 11. The molecule has 3 heterocycles. The molecule has 0 saturated carbocycles. The van der Waals surface area contributed by atoms with Crippen molar-refractivity contribution >= 4 is 96.3 Å². The number of nitro benzene ring substituents is 2. The molecule has 0 fully saturated rings. The lowest BCUT2D eigenvalue weighted by molar-refractivity contribution is -0.384. The van der Waals surface area contributed by atoms with Crippen LogP contribution in [0.5, 0.6) is 11.5 Å². The van der Waals surface area contributed by atoms with Crippen LogP contribution in [0.15, 0.2) is 81.9 Å². The Hall–Kier alpha value is -6.18. The molecule has 0 saturated heterocycles. The van der Waals surface area contributed by atoms with Gasteiger partial charge in [0, 0.05) is 69.3 Å². The van der Waals surface area contributed by atoms with Gasteiger partial charge in [-0.2, -0.15) is 0 Å². The van der Waals surface area contributed by atoms with Crippen molar-refractivity contribution in [2.45, 2.75) is 0 Å². The van der Waals surface area contributed by atoms with Gasteiger partial charge in [0.15, 0.2) is 22.7 Å². The number of rotatable bonds is 8. The summed E-state index contributed by atoms with van der Waals surface area (Å²) in [6.07, 6.45) is 4.15. The van der Waals surface area contributed by atoms with Crippen molar-refractivity contribution in [1.82, 2.24) is 4.98 Å². The van der Waals surface area contributed by atoms with Crippen LogP contribution in [0.1, 0.15) is 21.5 Å². The van der Waals surface area contributed by atoms with E-state index in [1.54, 1.807) is 12.1 Å². The van der Waals surface area contributed by atoms with E-state index in [4.69, 9.17) is 46.2 Å². The number of nitro groups is 2. The van der Waals surface area contributed by atoms with Gasteiger partial charge in [0.2, 0.25) is 0 Å². The van der Waals surface area contributed by atoms with E-state index in [-0.39, 0.29) is 77.1 Å². The monoisotopic (exact) mass is 699 g/mol. The molecule has 0 aliphatic carbocycles. The molecule has 244 valence electrons. The molecule has 7 aromatic rings. The van der Waals surface area contributed by atoms with E-state index >= 15 is 0 Å². The van der Waals surface area contributed by atoms with Crippen LogP contribution in [-0.2, 0) is 4.74 Å². The van der Waals surface area contributed by atoms with Crippen molar-refractivity contribution in [2.24, 2.45) is 0 Å². The second kappa shape index (κ2) is 12.1. The number of furan rings is 2. The number of carbonyl (C=O) groups is 1. The molecule has 15 heteroatoms. The fourth-order valence-corrected chi connectivity index (χ4v) is 6.09. The highest BCUT2D eigenvalue weighted by atomic mass is 35.5. The van der Waals surface area contributed by atoms with E-state index in [1.165, 1.54) is 81.2 Å². The van der Waals surface area contributed by atoms with Gasteiger partial charge in [-0.1, -0.05) is 23.2 Å². The van der Waals surface area contributed by atoms with Crippen molar-refractivity contribution < 1.29 is 37.7 Å². The first-order valence-corrected chi connectivity index (χ1v) is 14.9. The maximum Gasteiger partial charge on any atom is 0.344 e. The Morgan fingerprint density at radius 2 is 1.24 bits per heavy atom. The van der Waals surface area contributed by atoms with Gasteiger partial charge in [-0.05, 0) is 42.5 Å². The van der Waals surface area contributed by atoms with Crippen LogP contribution in [-0.4, -0.2) is 35.0 Å². The highest BCUT2D eigenvalue weighted by Crippen LogP contribution is 2.43. The molecule has 0 aliphatic rings. The van der Waals surface area contributed by atoms with Crippen LogP contribution in [0.3, 0.4) is 0 Å². The van der Waals surface area contributed by atoms with Gasteiger partial charge in [-0.3, -0.25) is 25.2 Å². The van der Waals surface area contributed by atoms with Crippen LogP contribution in [0.4, 0.5) is 11.4 Å². The fourth-order valence-electron chi connectivity index (χ4n) is 5.62. The van der Waals surface area contributed by atoms with Crippen molar-refractivity contribution in [3.05, 3.63) is 120 Å². The molecule has 0 unspecified atom stereocenters. The number of carbonyl (C=O) groups excluding carboxylic acids is 1. The van der Waals surface area contributed by atoms with Gasteiger partial charge in [0.05, 0.1) is 39.7 Å². The number of aromatic nitrogens is 1. The Kier molecular flexibility index (Phi) is 7.77. The number of nitrogens with zero attached hydrogens (tertiary/aromatic N) is 3. The van der Waals surface area contributed by atoms with Crippen molar-refractivity contribution in [3.8, 4) is 11.5 Å². The average Bonchev–Trinajstić information content (AvgIpc) is 3.67. The number of fused-ring (bicyclic) bond motifs is 6. The third-order valence-electron chi connectivity index (χ3n) is 7.85. The van der Waals surface area contributed by atoms with Gasteiger partial charge in [0.25, 0.3) is 11.4 Å². The number of hydrogen-bond donors (Lipinski definition) is 0. The van der Waals surface area contributed by atoms with E-state index in [9.17, 15) is 25.0 Å². The lowest BCUT2D eigenvalue weighted by Crippen LogP contribution is -2.06. The molecule has 7 rings (SSSR count). The first kappa shape index (κ1) is 31.4. The van der Waals surface area contributed by atoms with Crippen molar-refractivity contribution in [2.75, 3.05) is 14.2 Å². The zero-order valence-electron chi connectivity index (χ0n) is 25.2. The summed E-state index contributed by atoms with van der Waals surface area (Å²) >= 11 is 13.0. The summed E-state index contributed by atoms with van der Waals surface area (Å²) in [4.78, 5) is 40.5. The molecular formula is C34H19Cl2N3O10. The molecule has 0 atom stereocenters. The number of non-ortho nitro benzene ring substituents is 2. The van der Waals surface area contributed by atoms with Gasteiger partial charge >= 0.3 is 5.97 Å². The first-order valence-electron chi connectivity index (χ1n) is 14.2. The molecule has 0 radical (unpaired) electrons. The van der Waals surface area contributed by atoms with Gasteiger partial charge in [0.1, 0.15) is 16.9 Å². The molecule has 0 spiro atoms. The number of halogens is 2. The molecule has 13 nitrogen and oxygen atoms in total. The van der Waals surface area contributed by atoms with E-state index < -0.39 is 15.8 Å². The smallest absolute Gasteiger partial charge is 0.344 e. The number of esters is 1. The topological polar surface area (TPSA) is 170 Å². The van der Waals surface area contributed by atoms with Crippen LogP contribution in [0.2, 0.25) is 10.0 Å². The van der Waals surface area contributed by atoms with Gasteiger partial charge in [-0.25, -0.2) is 4.79 Å². The third-order valence-corrected chi connectivity index (χ3v) is 8.45. The molecule has 0 amide bonds. The highest BCUT2D eigenvalue weighted by molar-refractivity contribution is 6.37. The van der Waals surface area contributed by atoms with Gasteiger partial charge < -0.3 is 23.0 Å². The summed E-state index contributed by atoms with van der Waals surface area (Å²) in [7, 11) is 2.85. The van der Waals surface area contributed by atoms with Gasteiger partial charge in [-0.15, -0.1) is 0 Å². The summed E-state index contributed by atoms with van der Waals surface area (Å²) in [5, 5.41) is 24.8. The number of ether oxygens (including phenoxy) is 3. The van der Waals surface area contributed by atoms with Crippen LogP contribution in [0, 0.1) is 20.2 Å². The zero-order chi connectivity index (χ0) is 34.6. The Morgan fingerprint density at radius 1 is 0.755 bits per heavy atom. The second-order valence-corrected chi connectivity index (χ2v) is 11.3. The van der Waals surface area contributed by atoms with Crippen LogP contribution < -0.4 is 9.47 Å². The summed E-state index contributed by atoms with van der Waals surface area (Å²) in [6.45, 7) is 0. The molecule has 49 heavy (non-hydrogen) atoms. The Balaban J connectivity index is 1.49. The lowest BCUT2D eigenvalue weighted by Gasteiger charge is -2.14. The molecule has 3 aromatic heterocycles. The SMILES string of the molecule is COc1ccc(C(=O)O/C(=C/c2c(Cl)cncc2Cl)c2ccc(OC)c3oc4ccc([N+](=O)[O-])cc4c23)c2c1oc1ccc([N+](=O)[O-])cc12. The van der Waals surface area contributed by atoms with Crippen LogP contribution in [0.25, 0.3) is 55.7 Å². The molecular weight excluding hydrogens is 681 g/mol. The first-order chi connectivity index (χ1) is 23.6. The Morgan fingerprint density at radius 3 is 1.73 bits per heavy atom. The average molecular weight is 700 g/mol. The molecule has 4 aromatic carbocycles. The summed E-state index contributed by atoms with van der Waals surface area (Å²) in [5.74, 6) is -0.381. The maximum atomic E-state index is 14.3. The number of methoxy groups -OCH3 is 2. The molecule has 0 aliphatic heterocycles. The maximum absolute atomic E-state index is 14.3.